The van der Waals surface area contributed by atoms with Gasteiger partial charge in [-0.15, -0.1) is 0 Å². The van der Waals surface area contributed by atoms with Gasteiger partial charge >= 0.3 is 0 Å². The fraction of sp³-hybridized carbons (Fsp3) is 0.562. The van der Waals surface area contributed by atoms with Crippen LogP contribution in [0.5, 0.6) is 0 Å². The van der Waals surface area contributed by atoms with Crippen LogP contribution in [0.25, 0.3) is 11.4 Å². The van der Waals surface area contributed by atoms with Crippen molar-refractivity contribution in [3.8, 4) is 11.4 Å². The molecule has 21 heavy (non-hydrogen) atoms. The topological polar surface area (TPSA) is 55.6 Å². The standard InChI is InChI=1S/C16H25N5/c1-8-17-14-10(2)11(3)18-15(19-14)12-9-21(7)20-13(12)16(4,5)6/h9H,8H2,1-7H3,(H,17,18,19). The summed E-state index contributed by atoms with van der Waals surface area (Å²) in [6.45, 7) is 13.5. The highest BCUT2D eigenvalue weighted by atomic mass is 15.3. The Balaban J connectivity index is 2.62. The van der Waals surface area contributed by atoms with Gasteiger partial charge in [0, 0.05) is 36.5 Å². The lowest BCUT2D eigenvalue weighted by atomic mass is 9.89. The SMILES string of the molecule is CCNc1nc(-c2cn(C)nc2C(C)(C)C)nc(C)c1C. The molecule has 0 aliphatic rings. The highest BCUT2D eigenvalue weighted by molar-refractivity contribution is 5.62. The van der Waals surface area contributed by atoms with E-state index in [-0.39, 0.29) is 5.41 Å². The molecular formula is C16H25N5. The molecule has 0 radical (unpaired) electrons. The van der Waals surface area contributed by atoms with Gasteiger partial charge in [0.05, 0.1) is 11.3 Å². The van der Waals surface area contributed by atoms with Crippen molar-refractivity contribution in [2.45, 2.75) is 47.0 Å². The molecule has 0 unspecified atom stereocenters. The summed E-state index contributed by atoms with van der Waals surface area (Å²) < 4.78 is 1.83. The van der Waals surface area contributed by atoms with E-state index in [4.69, 9.17) is 4.98 Å². The minimum Gasteiger partial charge on any atom is -0.370 e. The summed E-state index contributed by atoms with van der Waals surface area (Å²) in [7, 11) is 1.94. The minimum atomic E-state index is -0.0446. The quantitative estimate of drug-likeness (QED) is 0.941. The average Bonchev–Trinajstić information content (AvgIpc) is 2.77. The average molecular weight is 287 g/mol. The van der Waals surface area contributed by atoms with Gasteiger partial charge in [-0.05, 0) is 20.8 Å². The third kappa shape index (κ3) is 3.06. The summed E-state index contributed by atoms with van der Waals surface area (Å²) in [5, 5.41) is 7.92. The third-order valence-corrected chi connectivity index (χ3v) is 3.51. The molecule has 1 N–H and O–H groups in total. The lowest BCUT2D eigenvalue weighted by Crippen LogP contribution is -2.14. The van der Waals surface area contributed by atoms with Crippen molar-refractivity contribution in [1.29, 1.82) is 0 Å². The first kappa shape index (κ1) is 15.5. The van der Waals surface area contributed by atoms with Gasteiger partial charge in [-0.3, -0.25) is 4.68 Å². The van der Waals surface area contributed by atoms with Crippen LogP contribution in [0.2, 0.25) is 0 Å². The van der Waals surface area contributed by atoms with E-state index < -0.39 is 0 Å². The Labute approximate surface area is 126 Å². The third-order valence-electron chi connectivity index (χ3n) is 3.51. The molecule has 0 aromatic carbocycles. The molecule has 2 heterocycles. The van der Waals surface area contributed by atoms with Crippen LogP contribution in [0.1, 0.15) is 44.6 Å². The summed E-state index contributed by atoms with van der Waals surface area (Å²) >= 11 is 0. The first-order valence-electron chi connectivity index (χ1n) is 7.37. The number of nitrogens with one attached hydrogen (secondary N) is 1. The predicted molar refractivity (Wildman–Crippen MR) is 86.6 cm³/mol. The first-order chi connectivity index (χ1) is 9.74. The van der Waals surface area contributed by atoms with E-state index in [0.29, 0.717) is 0 Å². The van der Waals surface area contributed by atoms with Crippen LogP contribution < -0.4 is 5.32 Å². The first-order valence-corrected chi connectivity index (χ1v) is 7.37. The van der Waals surface area contributed by atoms with Gasteiger partial charge in [0.2, 0.25) is 0 Å². The maximum absolute atomic E-state index is 4.71. The van der Waals surface area contributed by atoms with Crippen molar-refractivity contribution in [3.63, 3.8) is 0 Å². The number of anilines is 1. The number of hydrogen-bond acceptors (Lipinski definition) is 4. The molecule has 5 heteroatoms. The molecule has 0 fully saturated rings. The minimum absolute atomic E-state index is 0.0446. The Morgan fingerprint density at radius 1 is 1.19 bits per heavy atom. The van der Waals surface area contributed by atoms with Crippen LogP contribution in [0.3, 0.4) is 0 Å². The van der Waals surface area contributed by atoms with E-state index in [9.17, 15) is 0 Å². The van der Waals surface area contributed by atoms with Crippen LogP contribution in [0.15, 0.2) is 6.20 Å². The molecule has 0 amide bonds. The van der Waals surface area contributed by atoms with Crippen LogP contribution in [0, 0.1) is 13.8 Å². The summed E-state index contributed by atoms with van der Waals surface area (Å²) in [5.74, 6) is 1.65. The second-order valence-corrected chi connectivity index (χ2v) is 6.45. The number of aromatic nitrogens is 4. The molecule has 114 valence electrons. The summed E-state index contributed by atoms with van der Waals surface area (Å²) in [6, 6.07) is 0. The zero-order valence-corrected chi connectivity index (χ0v) is 14.1. The van der Waals surface area contributed by atoms with Crippen LogP contribution in [-0.2, 0) is 12.5 Å². The molecule has 0 aliphatic carbocycles. The highest BCUT2D eigenvalue weighted by Crippen LogP contribution is 2.31. The van der Waals surface area contributed by atoms with Crippen molar-refractivity contribution >= 4 is 5.82 Å². The van der Waals surface area contributed by atoms with Gasteiger partial charge in [-0.2, -0.15) is 5.10 Å². The van der Waals surface area contributed by atoms with Crippen LogP contribution >= 0.6 is 0 Å². The van der Waals surface area contributed by atoms with Crippen molar-refractivity contribution in [2.75, 3.05) is 11.9 Å². The Bertz CT molecular complexity index is 649. The van der Waals surface area contributed by atoms with Crippen LogP contribution in [-0.4, -0.2) is 26.3 Å². The molecule has 5 nitrogen and oxygen atoms in total. The molecule has 0 saturated heterocycles. The van der Waals surface area contributed by atoms with Crippen LogP contribution in [0.4, 0.5) is 5.82 Å². The monoisotopic (exact) mass is 287 g/mol. The number of aryl methyl sites for hydroxylation is 2. The van der Waals surface area contributed by atoms with Crippen molar-refractivity contribution < 1.29 is 0 Å². The second kappa shape index (κ2) is 5.47. The fourth-order valence-corrected chi connectivity index (χ4v) is 2.29. The zero-order chi connectivity index (χ0) is 15.8. The predicted octanol–water partition coefficient (Wildman–Crippen LogP) is 3.22. The molecule has 2 aromatic rings. The van der Waals surface area contributed by atoms with E-state index in [1.54, 1.807) is 0 Å². The van der Waals surface area contributed by atoms with E-state index in [0.717, 1.165) is 40.7 Å². The molecule has 2 rings (SSSR count). The van der Waals surface area contributed by atoms with Gasteiger partial charge in [0.1, 0.15) is 5.82 Å². The Hall–Kier alpha value is -1.91. The molecule has 0 saturated carbocycles. The van der Waals surface area contributed by atoms with Gasteiger partial charge in [0.25, 0.3) is 0 Å². The lowest BCUT2D eigenvalue weighted by molar-refractivity contribution is 0.554. The maximum atomic E-state index is 4.71. The van der Waals surface area contributed by atoms with E-state index in [1.807, 2.05) is 31.8 Å². The number of nitrogens with zero attached hydrogens (tertiary/aromatic N) is 4. The Kier molecular flexibility index (Phi) is 4.03. The van der Waals surface area contributed by atoms with Crippen molar-refractivity contribution in [2.24, 2.45) is 7.05 Å². The van der Waals surface area contributed by atoms with Gasteiger partial charge in [-0.25, -0.2) is 9.97 Å². The largest absolute Gasteiger partial charge is 0.370 e. The van der Waals surface area contributed by atoms with Crippen molar-refractivity contribution in [3.05, 3.63) is 23.1 Å². The van der Waals surface area contributed by atoms with Gasteiger partial charge < -0.3 is 5.32 Å². The molecule has 0 bridgehead atoms. The Morgan fingerprint density at radius 3 is 2.43 bits per heavy atom. The molecular weight excluding hydrogens is 262 g/mol. The zero-order valence-electron chi connectivity index (χ0n) is 14.1. The normalized spacial score (nSPS) is 11.8. The second-order valence-electron chi connectivity index (χ2n) is 6.45. The molecule has 2 aromatic heterocycles. The number of rotatable bonds is 3. The number of hydrogen-bond donors (Lipinski definition) is 1. The van der Waals surface area contributed by atoms with Gasteiger partial charge in [-0.1, -0.05) is 20.8 Å². The summed E-state index contributed by atoms with van der Waals surface area (Å²) in [5.41, 5.74) is 4.08. The lowest BCUT2D eigenvalue weighted by Gasteiger charge is -2.18. The fourth-order valence-electron chi connectivity index (χ4n) is 2.29. The van der Waals surface area contributed by atoms with E-state index >= 15 is 0 Å². The smallest absolute Gasteiger partial charge is 0.165 e. The van der Waals surface area contributed by atoms with E-state index in [1.165, 1.54) is 0 Å². The molecule has 0 aliphatic heterocycles. The van der Waals surface area contributed by atoms with E-state index in [2.05, 4.69) is 43.1 Å². The Morgan fingerprint density at radius 2 is 1.86 bits per heavy atom. The molecule has 0 spiro atoms. The van der Waals surface area contributed by atoms with Gasteiger partial charge in [0.15, 0.2) is 5.82 Å². The summed E-state index contributed by atoms with van der Waals surface area (Å²) in [4.78, 5) is 9.37. The van der Waals surface area contributed by atoms with Crippen molar-refractivity contribution in [1.82, 2.24) is 19.7 Å². The maximum Gasteiger partial charge on any atom is 0.165 e. The summed E-state index contributed by atoms with van der Waals surface area (Å²) in [6.07, 6.45) is 2.00. The molecule has 0 atom stereocenters. The highest BCUT2D eigenvalue weighted by Gasteiger charge is 2.24.